The fraction of sp³-hybridized carbons (Fsp3) is 0.613. The molecule has 0 radical (unpaired) electrons. The number of aromatic amines is 1. The Labute approximate surface area is 219 Å². The number of carbonyl (C=O) groups excluding carboxylic acids is 1. The average molecular weight is 504 g/mol. The van der Waals surface area contributed by atoms with Gasteiger partial charge in [0.1, 0.15) is 0 Å². The molecule has 3 N–H and O–H groups in total. The molecule has 1 amide bonds. The van der Waals surface area contributed by atoms with E-state index in [1.807, 2.05) is 12.1 Å². The van der Waals surface area contributed by atoms with Gasteiger partial charge in [0.15, 0.2) is 6.61 Å². The minimum Gasteiger partial charge on any atom is -0.393 e. The van der Waals surface area contributed by atoms with E-state index in [0.29, 0.717) is 18.4 Å². The van der Waals surface area contributed by atoms with Crippen LogP contribution < -0.4 is 5.32 Å². The fourth-order valence-corrected chi connectivity index (χ4v) is 8.45. The number of aliphatic hydroxyl groups excluding tert-OH is 1. The van der Waals surface area contributed by atoms with Crippen LogP contribution in [0, 0.1) is 28.6 Å². The maximum atomic E-state index is 12.3. The van der Waals surface area contributed by atoms with Gasteiger partial charge in [-0.15, -0.1) is 0 Å². The van der Waals surface area contributed by atoms with Gasteiger partial charge in [-0.3, -0.25) is 4.79 Å². The first-order valence-electron chi connectivity index (χ1n) is 14.3. The van der Waals surface area contributed by atoms with E-state index >= 15 is 0 Å². The van der Waals surface area contributed by atoms with Crippen molar-refractivity contribution in [2.24, 2.45) is 33.7 Å². The quantitative estimate of drug-likeness (QED) is 0.454. The lowest BCUT2D eigenvalue weighted by atomic mass is 9.47. The number of carbonyl (C=O) groups is 1. The predicted octanol–water partition coefficient (Wildman–Crippen LogP) is 5.52. The monoisotopic (exact) mass is 503 g/mol. The number of allylic oxidation sites excluding steroid dienone is 2. The Kier molecular flexibility index (Phi) is 6.42. The third-order valence-electron chi connectivity index (χ3n) is 10.6. The highest BCUT2D eigenvalue weighted by atomic mass is 16.6. The van der Waals surface area contributed by atoms with Crippen molar-refractivity contribution < 1.29 is 14.7 Å². The van der Waals surface area contributed by atoms with E-state index in [2.05, 4.69) is 53.6 Å². The highest BCUT2D eigenvalue weighted by Crippen LogP contribution is 2.65. The number of oxime groups is 1. The Morgan fingerprint density at radius 3 is 2.86 bits per heavy atom. The average Bonchev–Trinajstić information content (AvgIpc) is 3.44. The third kappa shape index (κ3) is 4.41. The number of para-hydroxylation sites is 1. The molecule has 0 saturated heterocycles. The standard InChI is InChI=1S/C31H41N3O3/c1-30-14-11-23(18-21(30)7-8-24-25-9-10-28(35)31(25,2)15-12-26(24)30)34-37-19-29(36)32-16-13-22-17-20-5-3-4-6-27(20)33-22/h3-6,17-18,24-26,28,33,35H,7-16,19H2,1-2H3,(H,32,36)/b34-23-/t24?,25?,26?,28?,30-,31-/m0/s1. The zero-order valence-corrected chi connectivity index (χ0v) is 22.3. The first-order valence-corrected chi connectivity index (χ1v) is 14.3. The first-order chi connectivity index (χ1) is 17.9. The molecule has 4 unspecified atom stereocenters. The zero-order chi connectivity index (χ0) is 25.6. The second-order valence-electron chi connectivity index (χ2n) is 12.5. The molecule has 3 fully saturated rings. The van der Waals surface area contributed by atoms with Crippen LogP contribution in [0.2, 0.25) is 0 Å². The van der Waals surface area contributed by atoms with Crippen LogP contribution in [0.25, 0.3) is 10.9 Å². The van der Waals surface area contributed by atoms with Crippen molar-refractivity contribution in [1.29, 1.82) is 0 Å². The van der Waals surface area contributed by atoms with Crippen molar-refractivity contribution in [3.63, 3.8) is 0 Å². The lowest BCUT2D eigenvalue weighted by Gasteiger charge is -2.57. The molecule has 6 heteroatoms. The second-order valence-corrected chi connectivity index (χ2v) is 12.5. The van der Waals surface area contributed by atoms with E-state index in [-0.39, 0.29) is 29.4 Å². The van der Waals surface area contributed by atoms with E-state index < -0.39 is 0 Å². The molecule has 0 bridgehead atoms. The van der Waals surface area contributed by atoms with Crippen LogP contribution in [0.1, 0.15) is 70.9 Å². The van der Waals surface area contributed by atoms with Gasteiger partial charge in [-0.05, 0) is 104 Å². The molecule has 0 aliphatic heterocycles. The maximum absolute atomic E-state index is 12.3. The molecular weight excluding hydrogens is 462 g/mol. The number of aromatic nitrogens is 1. The van der Waals surface area contributed by atoms with Gasteiger partial charge < -0.3 is 20.2 Å². The van der Waals surface area contributed by atoms with Crippen LogP contribution in [0.5, 0.6) is 0 Å². The minimum absolute atomic E-state index is 0.0517. The van der Waals surface area contributed by atoms with Crippen LogP contribution in [-0.2, 0) is 16.1 Å². The number of benzene rings is 1. The number of hydrogen-bond acceptors (Lipinski definition) is 4. The number of nitrogens with one attached hydrogen (secondary N) is 2. The lowest BCUT2D eigenvalue weighted by Crippen LogP contribution is -2.51. The summed E-state index contributed by atoms with van der Waals surface area (Å²) in [6, 6.07) is 10.3. The van der Waals surface area contributed by atoms with Gasteiger partial charge in [0.25, 0.3) is 5.91 Å². The molecule has 6 atom stereocenters. The summed E-state index contributed by atoms with van der Waals surface area (Å²) < 4.78 is 0. The van der Waals surface area contributed by atoms with Crippen LogP contribution in [0.15, 0.2) is 47.1 Å². The molecule has 1 heterocycles. The molecule has 198 valence electrons. The van der Waals surface area contributed by atoms with Crippen molar-refractivity contribution in [2.75, 3.05) is 13.2 Å². The summed E-state index contributed by atoms with van der Waals surface area (Å²) >= 11 is 0. The predicted molar refractivity (Wildman–Crippen MR) is 146 cm³/mol. The molecule has 4 aliphatic carbocycles. The summed E-state index contributed by atoms with van der Waals surface area (Å²) in [5.41, 5.74) is 5.08. The third-order valence-corrected chi connectivity index (χ3v) is 10.6. The fourth-order valence-electron chi connectivity index (χ4n) is 8.45. The van der Waals surface area contributed by atoms with Gasteiger partial charge in [0.05, 0.1) is 11.8 Å². The van der Waals surface area contributed by atoms with Crippen molar-refractivity contribution >= 4 is 22.5 Å². The number of fused-ring (bicyclic) bond motifs is 6. The Morgan fingerprint density at radius 1 is 1.14 bits per heavy atom. The molecule has 37 heavy (non-hydrogen) atoms. The highest BCUT2D eigenvalue weighted by molar-refractivity contribution is 5.96. The summed E-state index contributed by atoms with van der Waals surface area (Å²) in [5, 5.41) is 19.2. The van der Waals surface area contributed by atoms with Crippen LogP contribution in [0.3, 0.4) is 0 Å². The Balaban J connectivity index is 1.01. The van der Waals surface area contributed by atoms with Gasteiger partial charge in [0, 0.05) is 24.2 Å². The molecular formula is C31H41N3O3. The molecule has 1 aromatic carbocycles. The second kappa shape index (κ2) is 9.61. The van der Waals surface area contributed by atoms with E-state index in [9.17, 15) is 9.90 Å². The SMILES string of the molecule is C[C@]12CCC3C(CCC4=C/C(=N\OCC(=O)NCCc5cc6ccccc6[nH]5)CC[C@@]43C)C1CCC2O. The van der Waals surface area contributed by atoms with Crippen LogP contribution in [0.4, 0.5) is 0 Å². The van der Waals surface area contributed by atoms with E-state index in [1.54, 1.807) is 0 Å². The molecule has 0 spiro atoms. The summed E-state index contributed by atoms with van der Waals surface area (Å²) in [4.78, 5) is 21.1. The molecule has 2 aromatic rings. The maximum Gasteiger partial charge on any atom is 0.260 e. The molecule has 6 nitrogen and oxygen atoms in total. The molecule has 4 aliphatic rings. The molecule has 1 aromatic heterocycles. The number of amides is 1. The Hall–Kier alpha value is -2.60. The van der Waals surface area contributed by atoms with E-state index in [1.165, 1.54) is 30.2 Å². The Morgan fingerprint density at radius 2 is 2.00 bits per heavy atom. The molecule has 3 saturated carbocycles. The van der Waals surface area contributed by atoms with Crippen molar-refractivity contribution in [2.45, 2.75) is 77.7 Å². The number of aliphatic hydroxyl groups is 1. The smallest absolute Gasteiger partial charge is 0.260 e. The number of hydrogen-bond donors (Lipinski definition) is 3. The van der Waals surface area contributed by atoms with Crippen molar-refractivity contribution in [3.8, 4) is 0 Å². The van der Waals surface area contributed by atoms with Gasteiger partial charge in [-0.25, -0.2) is 0 Å². The molecule has 6 rings (SSSR count). The summed E-state index contributed by atoms with van der Waals surface area (Å²) in [7, 11) is 0. The Bertz CT molecular complexity index is 1200. The number of nitrogens with zero attached hydrogens (tertiary/aromatic N) is 1. The lowest BCUT2D eigenvalue weighted by molar-refractivity contribution is -0.125. The van der Waals surface area contributed by atoms with Crippen molar-refractivity contribution in [3.05, 3.63) is 47.7 Å². The number of H-pyrrole nitrogens is 1. The van der Waals surface area contributed by atoms with Crippen LogP contribution in [-0.4, -0.2) is 41.0 Å². The highest BCUT2D eigenvalue weighted by Gasteiger charge is 2.58. The summed E-state index contributed by atoms with van der Waals surface area (Å²) in [6.07, 6.45) is 11.8. The number of rotatable bonds is 6. The van der Waals surface area contributed by atoms with Gasteiger partial charge >= 0.3 is 0 Å². The summed E-state index contributed by atoms with van der Waals surface area (Å²) in [6.45, 7) is 5.33. The van der Waals surface area contributed by atoms with Gasteiger partial charge in [-0.1, -0.05) is 42.8 Å². The largest absolute Gasteiger partial charge is 0.393 e. The van der Waals surface area contributed by atoms with E-state index in [0.717, 1.165) is 61.4 Å². The first kappa shape index (κ1) is 24.7. The van der Waals surface area contributed by atoms with Crippen molar-refractivity contribution in [1.82, 2.24) is 10.3 Å². The van der Waals surface area contributed by atoms with Crippen LogP contribution >= 0.6 is 0 Å². The van der Waals surface area contributed by atoms with E-state index in [4.69, 9.17) is 4.84 Å². The minimum atomic E-state index is -0.140. The van der Waals surface area contributed by atoms with Gasteiger partial charge in [-0.2, -0.15) is 0 Å². The zero-order valence-electron chi connectivity index (χ0n) is 22.3. The topological polar surface area (TPSA) is 86.7 Å². The summed E-state index contributed by atoms with van der Waals surface area (Å²) in [5.74, 6) is 1.98. The normalized spacial score (nSPS) is 36.0. The van der Waals surface area contributed by atoms with Gasteiger partial charge in [0.2, 0.25) is 0 Å².